The molecule has 0 spiro atoms. The van der Waals surface area contributed by atoms with Crippen LogP contribution in [0.4, 0.5) is 5.69 Å². The molecule has 1 saturated heterocycles. The minimum Gasteiger partial charge on any atom is -0.368 e. The van der Waals surface area contributed by atoms with E-state index in [2.05, 4.69) is 50.8 Å². The lowest BCUT2D eigenvalue weighted by molar-refractivity contribution is 0.315. The molecular formula is C15H24N2. The normalized spacial score (nSPS) is 29.5. The van der Waals surface area contributed by atoms with Gasteiger partial charge in [-0.05, 0) is 56.4 Å². The van der Waals surface area contributed by atoms with Crippen LogP contribution in [0.5, 0.6) is 0 Å². The second-order valence-corrected chi connectivity index (χ2v) is 5.51. The second kappa shape index (κ2) is 4.69. The van der Waals surface area contributed by atoms with Gasteiger partial charge in [0.25, 0.3) is 0 Å². The maximum absolute atomic E-state index is 6.14. The van der Waals surface area contributed by atoms with Gasteiger partial charge >= 0.3 is 0 Å². The van der Waals surface area contributed by atoms with Gasteiger partial charge in [0.1, 0.15) is 0 Å². The number of anilines is 1. The molecule has 1 aliphatic rings. The third-order valence-electron chi connectivity index (χ3n) is 4.45. The first-order chi connectivity index (χ1) is 8.00. The Hall–Kier alpha value is -1.02. The van der Waals surface area contributed by atoms with Crippen LogP contribution in [0, 0.1) is 19.8 Å². The van der Waals surface area contributed by atoms with Crippen molar-refractivity contribution in [2.24, 2.45) is 11.7 Å². The molecule has 0 aromatic heterocycles. The maximum Gasteiger partial charge on any atom is 0.0371 e. The average Bonchev–Trinajstić information content (AvgIpc) is 2.30. The van der Waals surface area contributed by atoms with Crippen LogP contribution < -0.4 is 10.6 Å². The van der Waals surface area contributed by atoms with Crippen molar-refractivity contribution in [3.63, 3.8) is 0 Å². The second-order valence-electron chi connectivity index (χ2n) is 5.51. The summed E-state index contributed by atoms with van der Waals surface area (Å²) in [6, 6.07) is 7.64. The van der Waals surface area contributed by atoms with Gasteiger partial charge in [0.2, 0.25) is 0 Å². The van der Waals surface area contributed by atoms with Crippen LogP contribution in [0.25, 0.3) is 0 Å². The van der Waals surface area contributed by atoms with E-state index in [-0.39, 0.29) is 0 Å². The number of nitrogens with zero attached hydrogens (tertiary/aromatic N) is 1. The molecule has 0 aliphatic carbocycles. The first kappa shape index (κ1) is 12.4. The molecule has 1 aromatic carbocycles. The smallest absolute Gasteiger partial charge is 0.0371 e. The van der Waals surface area contributed by atoms with E-state index in [4.69, 9.17) is 5.73 Å². The summed E-state index contributed by atoms with van der Waals surface area (Å²) in [5.41, 5.74) is 10.2. The summed E-state index contributed by atoms with van der Waals surface area (Å²) in [5, 5.41) is 0. The summed E-state index contributed by atoms with van der Waals surface area (Å²) in [5.74, 6) is 0.561. The number of nitrogens with two attached hydrogens (primary N) is 1. The molecular weight excluding hydrogens is 208 g/mol. The molecule has 1 fully saturated rings. The molecule has 1 aromatic rings. The molecule has 2 N–H and O–H groups in total. The van der Waals surface area contributed by atoms with Crippen LogP contribution >= 0.6 is 0 Å². The standard InChI is InChI=1S/C15H24N2/c1-10-5-6-14(9-11(10)2)17-8-7-15(16)12(3)13(17)4/h5-6,9,12-13,15H,7-8,16H2,1-4H3. The fourth-order valence-electron chi connectivity index (χ4n) is 2.66. The van der Waals surface area contributed by atoms with Crippen molar-refractivity contribution in [1.29, 1.82) is 0 Å². The monoisotopic (exact) mass is 232 g/mol. The van der Waals surface area contributed by atoms with Crippen LogP contribution in [0.1, 0.15) is 31.4 Å². The maximum atomic E-state index is 6.14. The zero-order valence-electron chi connectivity index (χ0n) is 11.4. The number of rotatable bonds is 1. The van der Waals surface area contributed by atoms with E-state index >= 15 is 0 Å². The van der Waals surface area contributed by atoms with Crippen LogP contribution in [-0.4, -0.2) is 18.6 Å². The molecule has 0 amide bonds. The summed E-state index contributed by atoms with van der Waals surface area (Å²) in [6.45, 7) is 9.98. The molecule has 17 heavy (non-hydrogen) atoms. The molecule has 2 nitrogen and oxygen atoms in total. The van der Waals surface area contributed by atoms with Gasteiger partial charge in [0, 0.05) is 24.3 Å². The van der Waals surface area contributed by atoms with E-state index < -0.39 is 0 Å². The topological polar surface area (TPSA) is 29.3 Å². The molecule has 0 bridgehead atoms. The fourth-order valence-corrected chi connectivity index (χ4v) is 2.66. The lowest BCUT2D eigenvalue weighted by Gasteiger charge is -2.43. The van der Waals surface area contributed by atoms with Gasteiger partial charge in [0.05, 0.1) is 0 Å². The van der Waals surface area contributed by atoms with Crippen molar-refractivity contribution in [2.45, 2.75) is 46.2 Å². The van der Waals surface area contributed by atoms with Crippen molar-refractivity contribution in [2.75, 3.05) is 11.4 Å². The Kier molecular flexibility index (Phi) is 3.43. The van der Waals surface area contributed by atoms with Gasteiger partial charge in [-0.25, -0.2) is 0 Å². The first-order valence-electron chi connectivity index (χ1n) is 6.60. The number of aryl methyl sites for hydroxylation is 2. The quantitative estimate of drug-likeness (QED) is 0.806. The molecule has 1 heterocycles. The molecule has 3 atom stereocenters. The van der Waals surface area contributed by atoms with Crippen LogP contribution in [0.3, 0.4) is 0 Å². The van der Waals surface area contributed by atoms with Crippen molar-refractivity contribution in [3.8, 4) is 0 Å². The fraction of sp³-hybridized carbons (Fsp3) is 0.600. The van der Waals surface area contributed by atoms with E-state index in [1.807, 2.05) is 0 Å². The van der Waals surface area contributed by atoms with E-state index in [0.717, 1.165) is 13.0 Å². The van der Waals surface area contributed by atoms with Gasteiger partial charge < -0.3 is 10.6 Å². The van der Waals surface area contributed by atoms with E-state index in [1.54, 1.807) is 0 Å². The van der Waals surface area contributed by atoms with Crippen molar-refractivity contribution < 1.29 is 0 Å². The van der Waals surface area contributed by atoms with Gasteiger partial charge in [-0.3, -0.25) is 0 Å². The Morgan fingerprint density at radius 1 is 1.18 bits per heavy atom. The molecule has 3 unspecified atom stereocenters. The van der Waals surface area contributed by atoms with Gasteiger partial charge in [-0.1, -0.05) is 13.0 Å². The summed E-state index contributed by atoms with van der Waals surface area (Å²) < 4.78 is 0. The van der Waals surface area contributed by atoms with Gasteiger partial charge in [0.15, 0.2) is 0 Å². The van der Waals surface area contributed by atoms with Crippen LogP contribution in [0.15, 0.2) is 18.2 Å². The third-order valence-corrected chi connectivity index (χ3v) is 4.45. The summed E-state index contributed by atoms with van der Waals surface area (Å²) >= 11 is 0. The number of benzene rings is 1. The zero-order valence-corrected chi connectivity index (χ0v) is 11.4. The molecule has 94 valence electrons. The Morgan fingerprint density at radius 2 is 1.88 bits per heavy atom. The van der Waals surface area contributed by atoms with Gasteiger partial charge in [-0.2, -0.15) is 0 Å². The SMILES string of the molecule is Cc1ccc(N2CCC(N)C(C)C2C)cc1C. The average molecular weight is 232 g/mol. The lowest BCUT2D eigenvalue weighted by atomic mass is 9.87. The highest BCUT2D eigenvalue weighted by Crippen LogP contribution is 2.29. The lowest BCUT2D eigenvalue weighted by Crippen LogP contribution is -2.51. The summed E-state index contributed by atoms with van der Waals surface area (Å²) in [7, 11) is 0. The van der Waals surface area contributed by atoms with Crippen molar-refractivity contribution >= 4 is 5.69 Å². The number of piperidine rings is 1. The van der Waals surface area contributed by atoms with Crippen molar-refractivity contribution in [1.82, 2.24) is 0 Å². The minimum absolute atomic E-state index is 0.354. The van der Waals surface area contributed by atoms with E-state index in [1.165, 1.54) is 16.8 Å². The van der Waals surface area contributed by atoms with Crippen molar-refractivity contribution in [3.05, 3.63) is 29.3 Å². The highest BCUT2D eigenvalue weighted by Gasteiger charge is 2.30. The molecule has 0 radical (unpaired) electrons. The highest BCUT2D eigenvalue weighted by molar-refractivity contribution is 5.52. The molecule has 1 aliphatic heterocycles. The molecule has 0 saturated carbocycles. The van der Waals surface area contributed by atoms with Crippen LogP contribution in [-0.2, 0) is 0 Å². The van der Waals surface area contributed by atoms with E-state index in [0.29, 0.717) is 18.0 Å². The Labute approximate surface area is 105 Å². The first-order valence-corrected chi connectivity index (χ1v) is 6.60. The highest BCUT2D eigenvalue weighted by atomic mass is 15.2. The summed E-state index contributed by atoms with van der Waals surface area (Å²) in [4.78, 5) is 2.50. The predicted octanol–water partition coefficient (Wildman–Crippen LogP) is 2.87. The van der Waals surface area contributed by atoms with E-state index in [9.17, 15) is 0 Å². The Balaban J connectivity index is 2.24. The third kappa shape index (κ3) is 2.32. The van der Waals surface area contributed by atoms with Gasteiger partial charge in [-0.15, -0.1) is 0 Å². The minimum atomic E-state index is 0.354. The van der Waals surface area contributed by atoms with Crippen LogP contribution in [0.2, 0.25) is 0 Å². The largest absolute Gasteiger partial charge is 0.368 e. The summed E-state index contributed by atoms with van der Waals surface area (Å²) in [6.07, 6.45) is 1.10. The number of hydrogen-bond acceptors (Lipinski definition) is 2. The molecule has 2 rings (SSSR count). The molecule has 2 heteroatoms. The zero-order chi connectivity index (χ0) is 12.6. The predicted molar refractivity (Wildman–Crippen MR) is 74.5 cm³/mol. The Bertz CT molecular complexity index is 400. The Morgan fingerprint density at radius 3 is 2.53 bits per heavy atom. The number of hydrogen-bond donors (Lipinski definition) is 1.